The molecule has 0 aromatic heterocycles. The Balaban J connectivity index is 1.62. The van der Waals surface area contributed by atoms with E-state index in [2.05, 4.69) is 22.0 Å². The number of carboxylic acid groups (broad SMARTS) is 1. The lowest BCUT2D eigenvalue weighted by molar-refractivity contribution is -0.141. The number of carbonyl (C=O) groups is 2. The molecule has 106 valence electrons. The van der Waals surface area contributed by atoms with Gasteiger partial charge in [-0.1, -0.05) is 28.1 Å². The Labute approximate surface area is 125 Å². The number of amides is 1. The highest BCUT2D eigenvalue weighted by Gasteiger charge is 2.47. The number of halogens is 1. The van der Waals surface area contributed by atoms with Gasteiger partial charge in [0, 0.05) is 23.5 Å². The van der Waals surface area contributed by atoms with E-state index in [0.717, 1.165) is 10.9 Å². The van der Waals surface area contributed by atoms with Crippen molar-refractivity contribution in [2.75, 3.05) is 13.1 Å². The van der Waals surface area contributed by atoms with E-state index in [1.54, 1.807) is 4.90 Å². The van der Waals surface area contributed by atoms with Gasteiger partial charge in [-0.15, -0.1) is 0 Å². The summed E-state index contributed by atoms with van der Waals surface area (Å²) >= 11 is 3.44. The second kappa shape index (κ2) is 5.20. The van der Waals surface area contributed by atoms with Crippen LogP contribution in [-0.2, 0) is 9.59 Å². The molecule has 4 nitrogen and oxygen atoms in total. The summed E-state index contributed by atoms with van der Waals surface area (Å²) in [5, 5.41) is 8.98. The largest absolute Gasteiger partial charge is 0.481 e. The summed E-state index contributed by atoms with van der Waals surface area (Å²) in [5.74, 6) is -0.721. The molecule has 0 bridgehead atoms. The Morgan fingerprint density at radius 2 is 2.15 bits per heavy atom. The molecule has 0 radical (unpaired) electrons. The molecule has 1 amide bonds. The molecule has 3 atom stereocenters. The highest BCUT2D eigenvalue weighted by Crippen LogP contribution is 2.49. The Kier molecular flexibility index (Phi) is 3.54. The van der Waals surface area contributed by atoms with Gasteiger partial charge in [-0.2, -0.15) is 0 Å². The number of hydrogen-bond acceptors (Lipinski definition) is 2. The number of nitrogens with zero attached hydrogens (tertiary/aromatic N) is 1. The van der Waals surface area contributed by atoms with Crippen molar-refractivity contribution in [3.8, 4) is 0 Å². The van der Waals surface area contributed by atoms with E-state index in [1.165, 1.54) is 5.56 Å². The minimum Gasteiger partial charge on any atom is -0.481 e. The van der Waals surface area contributed by atoms with Crippen molar-refractivity contribution in [1.29, 1.82) is 0 Å². The third-order valence-corrected chi connectivity index (χ3v) is 4.73. The zero-order valence-electron chi connectivity index (χ0n) is 11.0. The number of carboxylic acids is 1. The minimum atomic E-state index is -0.792. The van der Waals surface area contributed by atoms with Crippen LogP contribution < -0.4 is 0 Å². The van der Waals surface area contributed by atoms with Crippen LogP contribution in [-0.4, -0.2) is 35.0 Å². The molecule has 1 N–H and O–H groups in total. The van der Waals surface area contributed by atoms with E-state index in [9.17, 15) is 9.59 Å². The van der Waals surface area contributed by atoms with Crippen molar-refractivity contribution >= 4 is 27.8 Å². The molecule has 1 saturated heterocycles. The van der Waals surface area contributed by atoms with E-state index in [1.807, 2.05) is 18.2 Å². The second-order valence-corrected chi connectivity index (χ2v) is 6.53. The van der Waals surface area contributed by atoms with E-state index >= 15 is 0 Å². The van der Waals surface area contributed by atoms with Crippen molar-refractivity contribution < 1.29 is 14.7 Å². The lowest BCUT2D eigenvalue weighted by Gasteiger charge is -2.15. The molecule has 1 aromatic carbocycles. The molecule has 3 rings (SSSR count). The summed E-state index contributed by atoms with van der Waals surface area (Å²) in [7, 11) is 0. The molecule has 1 heterocycles. The first-order valence-corrected chi connectivity index (χ1v) is 7.62. The van der Waals surface area contributed by atoms with Crippen molar-refractivity contribution in [3.63, 3.8) is 0 Å². The fourth-order valence-electron chi connectivity index (χ4n) is 2.97. The van der Waals surface area contributed by atoms with Crippen LogP contribution in [0.2, 0.25) is 0 Å². The molecular formula is C15H16BrNO3. The quantitative estimate of drug-likeness (QED) is 0.921. The summed E-state index contributed by atoms with van der Waals surface area (Å²) in [6.45, 7) is 0.952. The van der Waals surface area contributed by atoms with E-state index in [0.29, 0.717) is 25.4 Å². The average Bonchev–Trinajstić information content (AvgIpc) is 3.06. The van der Waals surface area contributed by atoms with E-state index in [-0.39, 0.29) is 17.7 Å². The average molecular weight is 338 g/mol. The third kappa shape index (κ3) is 2.59. The first-order valence-electron chi connectivity index (χ1n) is 6.83. The van der Waals surface area contributed by atoms with Gasteiger partial charge in [-0.05, 0) is 36.5 Å². The number of carbonyl (C=O) groups excluding carboxylic acids is 1. The number of rotatable bonds is 3. The van der Waals surface area contributed by atoms with Gasteiger partial charge in [0.2, 0.25) is 5.91 Å². The van der Waals surface area contributed by atoms with Crippen LogP contribution in [0, 0.1) is 11.8 Å². The summed E-state index contributed by atoms with van der Waals surface area (Å²) in [4.78, 5) is 25.0. The van der Waals surface area contributed by atoms with Crippen molar-refractivity contribution in [3.05, 3.63) is 34.3 Å². The molecule has 3 unspecified atom stereocenters. The topological polar surface area (TPSA) is 57.6 Å². The SMILES string of the molecule is O=C(O)C1CCN(C(=O)C2CC2c2cccc(Br)c2)C1. The zero-order valence-corrected chi connectivity index (χ0v) is 12.5. The predicted octanol–water partition coefficient (Wildman–Crippen LogP) is 2.49. The summed E-state index contributed by atoms with van der Waals surface area (Å²) in [6, 6.07) is 8.06. The Bertz CT molecular complexity index is 560. The maximum atomic E-state index is 12.4. The number of benzene rings is 1. The molecule has 1 aliphatic carbocycles. The molecular weight excluding hydrogens is 322 g/mol. The Morgan fingerprint density at radius 3 is 2.80 bits per heavy atom. The van der Waals surface area contributed by atoms with Gasteiger partial charge in [-0.3, -0.25) is 9.59 Å². The smallest absolute Gasteiger partial charge is 0.308 e. The summed E-state index contributed by atoms with van der Waals surface area (Å²) < 4.78 is 1.03. The van der Waals surface area contributed by atoms with E-state index < -0.39 is 5.97 Å². The molecule has 1 saturated carbocycles. The Morgan fingerprint density at radius 1 is 1.35 bits per heavy atom. The molecule has 5 heteroatoms. The lowest BCUT2D eigenvalue weighted by Crippen LogP contribution is -2.31. The molecule has 1 aliphatic heterocycles. The van der Waals surface area contributed by atoms with Crippen molar-refractivity contribution in [2.45, 2.75) is 18.8 Å². The van der Waals surface area contributed by atoms with Gasteiger partial charge in [0.1, 0.15) is 0 Å². The van der Waals surface area contributed by atoms with E-state index in [4.69, 9.17) is 5.11 Å². The fraction of sp³-hybridized carbons (Fsp3) is 0.467. The van der Waals surface area contributed by atoms with Crippen LogP contribution in [0.5, 0.6) is 0 Å². The summed E-state index contributed by atoms with van der Waals surface area (Å²) in [5.41, 5.74) is 1.19. The first-order chi connectivity index (χ1) is 9.56. The van der Waals surface area contributed by atoms with Crippen LogP contribution in [0.3, 0.4) is 0 Å². The van der Waals surface area contributed by atoms with Gasteiger partial charge in [0.25, 0.3) is 0 Å². The molecule has 20 heavy (non-hydrogen) atoms. The maximum absolute atomic E-state index is 12.4. The molecule has 2 aliphatic rings. The zero-order chi connectivity index (χ0) is 14.3. The number of likely N-dealkylation sites (tertiary alicyclic amines) is 1. The third-order valence-electron chi connectivity index (χ3n) is 4.23. The highest BCUT2D eigenvalue weighted by molar-refractivity contribution is 9.10. The van der Waals surface area contributed by atoms with Crippen molar-refractivity contribution in [2.24, 2.45) is 11.8 Å². The van der Waals surface area contributed by atoms with Crippen LogP contribution in [0.4, 0.5) is 0 Å². The second-order valence-electron chi connectivity index (χ2n) is 5.61. The van der Waals surface area contributed by atoms with Crippen LogP contribution in [0.1, 0.15) is 24.3 Å². The summed E-state index contributed by atoms with van der Waals surface area (Å²) in [6.07, 6.45) is 1.46. The minimum absolute atomic E-state index is 0.0387. The van der Waals surface area contributed by atoms with Gasteiger partial charge >= 0.3 is 5.97 Å². The molecule has 2 fully saturated rings. The number of hydrogen-bond donors (Lipinski definition) is 1. The van der Waals surface area contributed by atoms with Crippen LogP contribution in [0.25, 0.3) is 0 Å². The van der Waals surface area contributed by atoms with Crippen molar-refractivity contribution in [1.82, 2.24) is 4.90 Å². The van der Waals surface area contributed by atoms with Gasteiger partial charge in [0.15, 0.2) is 0 Å². The monoisotopic (exact) mass is 337 g/mol. The standard InChI is InChI=1S/C15H16BrNO3/c16-11-3-1-2-9(6-11)12-7-13(12)14(18)17-5-4-10(8-17)15(19)20/h1-3,6,10,12-13H,4-5,7-8H2,(H,19,20). The normalized spacial score (nSPS) is 28.4. The fourth-order valence-corrected chi connectivity index (χ4v) is 3.39. The van der Waals surface area contributed by atoms with Gasteiger partial charge < -0.3 is 10.0 Å². The van der Waals surface area contributed by atoms with Crippen LogP contribution >= 0.6 is 15.9 Å². The maximum Gasteiger partial charge on any atom is 0.308 e. The van der Waals surface area contributed by atoms with Gasteiger partial charge in [0.05, 0.1) is 5.92 Å². The lowest BCUT2D eigenvalue weighted by atomic mass is 10.1. The molecule has 0 spiro atoms. The van der Waals surface area contributed by atoms with Gasteiger partial charge in [-0.25, -0.2) is 0 Å². The highest BCUT2D eigenvalue weighted by atomic mass is 79.9. The number of aliphatic carboxylic acids is 1. The van der Waals surface area contributed by atoms with Crippen LogP contribution in [0.15, 0.2) is 28.7 Å². The Hall–Kier alpha value is -1.36. The predicted molar refractivity (Wildman–Crippen MR) is 77.3 cm³/mol. The first kappa shape index (κ1) is 13.6. The molecule has 1 aromatic rings.